The lowest BCUT2D eigenvalue weighted by atomic mass is 10.1. The monoisotopic (exact) mass is 369 g/mol. The fourth-order valence-electron chi connectivity index (χ4n) is 2.97. The third kappa shape index (κ3) is 3.64. The smallest absolute Gasteiger partial charge is 0.255 e. The van der Waals surface area contributed by atoms with Crippen molar-refractivity contribution in [1.29, 1.82) is 0 Å². The number of methoxy groups -OCH3 is 1. The van der Waals surface area contributed by atoms with Gasteiger partial charge in [0.25, 0.3) is 5.91 Å². The van der Waals surface area contributed by atoms with Crippen LogP contribution in [0.5, 0.6) is 5.75 Å². The van der Waals surface area contributed by atoms with Crippen molar-refractivity contribution in [2.45, 2.75) is 0 Å². The van der Waals surface area contributed by atoms with Gasteiger partial charge in [0.05, 0.1) is 18.3 Å². The lowest BCUT2D eigenvalue weighted by Crippen LogP contribution is -2.12. The van der Waals surface area contributed by atoms with Crippen molar-refractivity contribution in [2.24, 2.45) is 0 Å². The number of benzene rings is 3. The summed E-state index contributed by atoms with van der Waals surface area (Å²) in [6.07, 6.45) is 3.89. The maximum atomic E-state index is 12.6. The van der Waals surface area contributed by atoms with E-state index < -0.39 is 0 Å². The largest absolute Gasteiger partial charge is 0.497 e. The van der Waals surface area contributed by atoms with Crippen molar-refractivity contribution in [3.63, 3.8) is 0 Å². The Bertz CT molecular complexity index is 1140. The number of aromatic nitrogens is 2. The first-order valence-corrected chi connectivity index (χ1v) is 8.90. The highest BCUT2D eigenvalue weighted by Crippen LogP contribution is 2.22. The number of anilines is 1. The number of hydrogen-bond donors (Lipinski definition) is 2. The average Bonchev–Trinajstić information content (AvgIpc) is 3.16. The Hall–Kier alpha value is -3.86. The number of nitrogens with one attached hydrogen (secondary N) is 2. The fourth-order valence-corrected chi connectivity index (χ4v) is 2.97. The van der Waals surface area contributed by atoms with Crippen LogP contribution in [0.4, 0.5) is 5.69 Å². The van der Waals surface area contributed by atoms with Crippen LogP contribution in [0.15, 0.2) is 72.8 Å². The molecule has 1 aromatic heterocycles. The Balaban J connectivity index is 1.57. The summed E-state index contributed by atoms with van der Waals surface area (Å²) in [4.78, 5) is 12.6. The van der Waals surface area contributed by atoms with Gasteiger partial charge in [-0.1, -0.05) is 42.5 Å². The van der Waals surface area contributed by atoms with E-state index in [1.165, 1.54) is 0 Å². The van der Waals surface area contributed by atoms with Gasteiger partial charge in [-0.3, -0.25) is 9.89 Å². The number of aromatic amines is 1. The van der Waals surface area contributed by atoms with Crippen LogP contribution in [0.3, 0.4) is 0 Å². The molecule has 0 saturated carbocycles. The number of carbonyl (C=O) groups excluding carboxylic acids is 1. The van der Waals surface area contributed by atoms with E-state index in [2.05, 4.69) is 15.5 Å². The fraction of sp³-hybridized carbons (Fsp3) is 0.0435. The van der Waals surface area contributed by atoms with Crippen LogP contribution in [-0.4, -0.2) is 23.2 Å². The number of nitrogens with zero attached hydrogens (tertiary/aromatic N) is 1. The first-order valence-electron chi connectivity index (χ1n) is 8.90. The summed E-state index contributed by atoms with van der Waals surface area (Å²) in [5, 5.41) is 11.4. The van der Waals surface area contributed by atoms with Gasteiger partial charge in [0.2, 0.25) is 0 Å². The highest BCUT2D eigenvalue weighted by atomic mass is 16.5. The summed E-state index contributed by atoms with van der Waals surface area (Å²) >= 11 is 0. The Kier molecular flexibility index (Phi) is 4.89. The number of fused-ring (bicyclic) bond motifs is 1. The molecule has 0 saturated heterocycles. The summed E-state index contributed by atoms with van der Waals surface area (Å²) in [6, 6.07) is 22.6. The number of hydrogen-bond acceptors (Lipinski definition) is 3. The summed E-state index contributed by atoms with van der Waals surface area (Å²) in [7, 11) is 1.60. The van der Waals surface area contributed by atoms with Gasteiger partial charge < -0.3 is 10.1 Å². The second-order valence-electron chi connectivity index (χ2n) is 6.26. The summed E-state index contributed by atoms with van der Waals surface area (Å²) < 4.78 is 5.13. The van der Waals surface area contributed by atoms with Gasteiger partial charge in [-0.25, -0.2) is 0 Å². The lowest BCUT2D eigenvalue weighted by Gasteiger charge is -2.09. The van der Waals surface area contributed by atoms with Crippen molar-refractivity contribution >= 4 is 34.6 Å². The highest BCUT2D eigenvalue weighted by Gasteiger charge is 2.08. The van der Waals surface area contributed by atoms with Crippen molar-refractivity contribution in [1.82, 2.24) is 10.2 Å². The summed E-state index contributed by atoms with van der Waals surface area (Å²) in [6.45, 7) is 0. The molecule has 4 rings (SSSR count). The molecule has 0 radical (unpaired) electrons. The van der Waals surface area contributed by atoms with E-state index in [1.54, 1.807) is 31.4 Å². The third-order valence-electron chi connectivity index (χ3n) is 4.48. The van der Waals surface area contributed by atoms with Crippen molar-refractivity contribution < 1.29 is 9.53 Å². The number of amides is 1. The van der Waals surface area contributed by atoms with E-state index >= 15 is 0 Å². The van der Waals surface area contributed by atoms with Gasteiger partial charge >= 0.3 is 0 Å². The molecule has 0 bridgehead atoms. The van der Waals surface area contributed by atoms with Gasteiger partial charge in [0.1, 0.15) is 5.75 Å². The molecule has 2 N–H and O–H groups in total. The number of para-hydroxylation sites is 2. The average molecular weight is 369 g/mol. The molecule has 4 aromatic rings. The maximum absolute atomic E-state index is 12.6. The van der Waals surface area contributed by atoms with Crippen LogP contribution >= 0.6 is 0 Å². The SMILES string of the molecule is COc1ccc(C(=O)Nc2ccccc2/C=C/c2n[nH]c3ccccc23)cc1. The molecule has 0 aliphatic rings. The Morgan fingerprint density at radius 3 is 2.54 bits per heavy atom. The molecular weight excluding hydrogens is 350 g/mol. The molecule has 0 atom stereocenters. The summed E-state index contributed by atoms with van der Waals surface area (Å²) in [5.41, 5.74) is 4.05. The molecule has 0 aliphatic carbocycles. The molecule has 1 heterocycles. The molecule has 0 aliphatic heterocycles. The van der Waals surface area contributed by atoms with Crippen LogP contribution < -0.4 is 10.1 Å². The molecule has 0 unspecified atom stereocenters. The van der Waals surface area contributed by atoms with E-state index in [0.29, 0.717) is 11.3 Å². The molecule has 138 valence electrons. The lowest BCUT2D eigenvalue weighted by molar-refractivity contribution is 0.102. The minimum Gasteiger partial charge on any atom is -0.497 e. The number of H-pyrrole nitrogens is 1. The van der Waals surface area contributed by atoms with Crippen LogP contribution in [0.25, 0.3) is 23.1 Å². The standard InChI is InChI=1S/C23H19N3O2/c1-28-18-13-10-17(11-14-18)23(27)24-20-8-4-2-6-16(20)12-15-22-19-7-3-5-9-21(19)25-26-22/h2-15H,1H3,(H,24,27)(H,25,26)/b15-12+. The highest BCUT2D eigenvalue weighted by molar-refractivity contribution is 6.05. The first-order chi connectivity index (χ1) is 13.7. The van der Waals surface area contributed by atoms with E-state index in [1.807, 2.05) is 60.7 Å². The minimum atomic E-state index is -0.172. The Morgan fingerprint density at radius 2 is 1.71 bits per heavy atom. The van der Waals surface area contributed by atoms with Gasteiger partial charge in [-0.15, -0.1) is 0 Å². The number of carbonyl (C=O) groups is 1. The van der Waals surface area contributed by atoms with E-state index in [0.717, 1.165) is 27.8 Å². The number of rotatable bonds is 5. The predicted octanol–water partition coefficient (Wildman–Crippen LogP) is 4.99. The molecule has 3 aromatic carbocycles. The predicted molar refractivity (Wildman–Crippen MR) is 112 cm³/mol. The quantitative estimate of drug-likeness (QED) is 0.520. The molecule has 28 heavy (non-hydrogen) atoms. The van der Waals surface area contributed by atoms with Gasteiger partial charge in [-0.2, -0.15) is 5.10 Å². The second-order valence-corrected chi connectivity index (χ2v) is 6.26. The van der Waals surface area contributed by atoms with E-state index in [9.17, 15) is 4.79 Å². The minimum absolute atomic E-state index is 0.172. The van der Waals surface area contributed by atoms with E-state index in [4.69, 9.17) is 4.74 Å². The van der Waals surface area contributed by atoms with Crippen LogP contribution in [0.1, 0.15) is 21.6 Å². The zero-order valence-electron chi connectivity index (χ0n) is 15.3. The zero-order valence-corrected chi connectivity index (χ0v) is 15.3. The van der Waals surface area contributed by atoms with Crippen LogP contribution in [0.2, 0.25) is 0 Å². The second kappa shape index (κ2) is 7.80. The molecule has 0 fully saturated rings. The normalized spacial score (nSPS) is 11.0. The van der Waals surface area contributed by atoms with Gasteiger partial charge in [0.15, 0.2) is 0 Å². The molecular formula is C23H19N3O2. The van der Waals surface area contributed by atoms with Crippen molar-refractivity contribution in [3.8, 4) is 5.75 Å². The zero-order chi connectivity index (χ0) is 19.3. The molecule has 5 heteroatoms. The first kappa shape index (κ1) is 17.5. The molecule has 5 nitrogen and oxygen atoms in total. The van der Waals surface area contributed by atoms with E-state index in [-0.39, 0.29) is 5.91 Å². The van der Waals surface area contributed by atoms with Crippen LogP contribution in [-0.2, 0) is 0 Å². The molecule has 1 amide bonds. The van der Waals surface area contributed by atoms with Crippen LogP contribution in [0, 0.1) is 0 Å². The number of ether oxygens (including phenoxy) is 1. The third-order valence-corrected chi connectivity index (χ3v) is 4.48. The van der Waals surface area contributed by atoms with Gasteiger partial charge in [-0.05, 0) is 48.0 Å². The Morgan fingerprint density at radius 1 is 0.964 bits per heavy atom. The van der Waals surface area contributed by atoms with Crippen molar-refractivity contribution in [2.75, 3.05) is 12.4 Å². The topological polar surface area (TPSA) is 67.0 Å². The van der Waals surface area contributed by atoms with Gasteiger partial charge in [0, 0.05) is 16.6 Å². The molecule has 0 spiro atoms. The summed E-state index contributed by atoms with van der Waals surface area (Å²) in [5.74, 6) is 0.542. The maximum Gasteiger partial charge on any atom is 0.255 e. The van der Waals surface area contributed by atoms with Crippen molar-refractivity contribution in [3.05, 3.63) is 89.6 Å². The Labute approximate surface area is 162 Å².